The summed E-state index contributed by atoms with van der Waals surface area (Å²) in [4.78, 5) is 11.0. The van der Waals surface area contributed by atoms with E-state index in [2.05, 4.69) is 15.9 Å². The Morgan fingerprint density at radius 2 is 2.08 bits per heavy atom. The summed E-state index contributed by atoms with van der Waals surface area (Å²) in [6.45, 7) is 0. The Bertz CT molecular complexity index is 339. The third-order valence-corrected chi connectivity index (χ3v) is 3.19. The first-order valence-electron chi connectivity index (χ1n) is 4.54. The van der Waals surface area contributed by atoms with Crippen LogP contribution in [0.3, 0.4) is 0 Å². The maximum Gasteiger partial charge on any atom is 0.519 e. The van der Waals surface area contributed by atoms with Crippen molar-refractivity contribution in [3.8, 4) is 0 Å². The summed E-state index contributed by atoms with van der Waals surface area (Å²) in [7, 11) is 0. The summed E-state index contributed by atoms with van der Waals surface area (Å²) in [5.74, 6) is 0.854. The van der Waals surface area contributed by atoms with Crippen molar-refractivity contribution >= 4 is 15.9 Å². The molecule has 0 N–H and O–H groups in total. The molecule has 0 fully saturated rings. The smallest absolute Gasteiger partial charge is 0.396 e. The molecule has 72 valence electrons. The first-order chi connectivity index (χ1) is 6.27. The SMILES string of the molecule is O=c1oc2c(o1)C(Br)CCCCC2. The zero-order valence-electron chi connectivity index (χ0n) is 7.22. The van der Waals surface area contributed by atoms with Gasteiger partial charge < -0.3 is 8.83 Å². The summed E-state index contributed by atoms with van der Waals surface area (Å²) in [5, 5.41) is 0. The second kappa shape index (κ2) is 3.70. The highest BCUT2D eigenvalue weighted by Gasteiger charge is 2.21. The molecule has 1 aliphatic carbocycles. The zero-order valence-corrected chi connectivity index (χ0v) is 8.80. The lowest BCUT2D eigenvalue weighted by molar-refractivity contribution is 0.365. The van der Waals surface area contributed by atoms with Gasteiger partial charge in [-0.2, -0.15) is 0 Å². The average Bonchev–Trinajstić information content (AvgIpc) is 2.43. The van der Waals surface area contributed by atoms with Crippen molar-refractivity contribution in [3.05, 3.63) is 22.1 Å². The van der Waals surface area contributed by atoms with E-state index in [4.69, 9.17) is 8.83 Å². The van der Waals surface area contributed by atoms with Gasteiger partial charge in [0.15, 0.2) is 11.5 Å². The quantitative estimate of drug-likeness (QED) is 0.662. The third-order valence-electron chi connectivity index (χ3n) is 2.32. The van der Waals surface area contributed by atoms with Gasteiger partial charge in [-0.25, -0.2) is 4.79 Å². The highest BCUT2D eigenvalue weighted by molar-refractivity contribution is 9.09. The maximum absolute atomic E-state index is 10.9. The van der Waals surface area contributed by atoms with E-state index in [-0.39, 0.29) is 4.83 Å². The van der Waals surface area contributed by atoms with Crippen LogP contribution in [-0.4, -0.2) is 0 Å². The van der Waals surface area contributed by atoms with E-state index in [1.807, 2.05) is 0 Å². The zero-order chi connectivity index (χ0) is 9.26. The Morgan fingerprint density at radius 1 is 1.23 bits per heavy atom. The second-order valence-corrected chi connectivity index (χ2v) is 4.41. The van der Waals surface area contributed by atoms with Gasteiger partial charge in [-0.3, -0.25) is 0 Å². The van der Waals surface area contributed by atoms with E-state index in [0.717, 1.165) is 25.0 Å². The van der Waals surface area contributed by atoms with E-state index in [0.29, 0.717) is 5.76 Å². The molecule has 1 aromatic heterocycles. The second-order valence-electron chi connectivity index (χ2n) is 3.31. The van der Waals surface area contributed by atoms with Gasteiger partial charge in [0, 0.05) is 6.42 Å². The van der Waals surface area contributed by atoms with Crippen LogP contribution in [0.2, 0.25) is 0 Å². The van der Waals surface area contributed by atoms with Gasteiger partial charge in [0.05, 0.1) is 4.83 Å². The number of aryl methyl sites for hydroxylation is 1. The minimum absolute atomic E-state index is 0.147. The van der Waals surface area contributed by atoms with Crippen LogP contribution < -0.4 is 5.82 Å². The molecule has 0 spiro atoms. The predicted molar refractivity (Wildman–Crippen MR) is 51.1 cm³/mol. The molecule has 3 nitrogen and oxygen atoms in total. The van der Waals surface area contributed by atoms with E-state index in [9.17, 15) is 4.79 Å². The fourth-order valence-corrected chi connectivity index (χ4v) is 2.32. The predicted octanol–water partition coefficient (Wildman–Crippen LogP) is 2.79. The van der Waals surface area contributed by atoms with Crippen LogP contribution in [0.15, 0.2) is 13.6 Å². The Labute approximate surface area is 84.2 Å². The number of halogens is 1. The molecule has 0 amide bonds. The molecule has 0 aliphatic heterocycles. The molecule has 0 aromatic carbocycles. The van der Waals surface area contributed by atoms with Crippen LogP contribution in [0.25, 0.3) is 0 Å². The molecule has 1 heterocycles. The highest BCUT2D eigenvalue weighted by Crippen LogP contribution is 2.33. The molecule has 1 aliphatic rings. The molecular formula is C9H11BrO3. The van der Waals surface area contributed by atoms with Crippen LogP contribution >= 0.6 is 15.9 Å². The van der Waals surface area contributed by atoms with Crippen molar-refractivity contribution in [1.29, 1.82) is 0 Å². The van der Waals surface area contributed by atoms with Gasteiger partial charge in [0.2, 0.25) is 0 Å². The standard InChI is InChI=1S/C9H11BrO3/c10-6-4-2-1-3-5-7-8(6)13-9(11)12-7/h6H,1-5H2. The van der Waals surface area contributed by atoms with Crippen LogP contribution in [0.5, 0.6) is 0 Å². The maximum atomic E-state index is 10.9. The van der Waals surface area contributed by atoms with Crippen LogP contribution in [0, 0.1) is 0 Å². The first-order valence-corrected chi connectivity index (χ1v) is 5.45. The molecule has 0 saturated heterocycles. The van der Waals surface area contributed by atoms with Crippen molar-refractivity contribution in [2.45, 2.75) is 36.9 Å². The Balaban J connectivity index is 2.36. The van der Waals surface area contributed by atoms with Gasteiger partial charge in [0.25, 0.3) is 0 Å². The van der Waals surface area contributed by atoms with Crippen molar-refractivity contribution < 1.29 is 8.83 Å². The summed E-state index contributed by atoms with van der Waals surface area (Å²) in [5.41, 5.74) is 0. The monoisotopic (exact) mass is 246 g/mol. The molecule has 1 unspecified atom stereocenters. The van der Waals surface area contributed by atoms with Gasteiger partial charge in [-0.05, 0) is 12.8 Å². The minimum Gasteiger partial charge on any atom is -0.396 e. The van der Waals surface area contributed by atoms with Crippen LogP contribution in [-0.2, 0) is 6.42 Å². The van der Waals surface area contributed by atoms with Gasteiger partial charge in [-0.1, -0.05) is 28.8 Å². The Kier molecular flexibility index (Phi) is 2.58. The van der Waals surface area contributed by atoms with E-state index in [1.54, 1.807) is 0 Å². The fourth-order valence-electron chi connectivity index (χ4n) is 1.65. The average molecular weight is 247 g/mol. The largest absolute Gasteiger partial charge is 0.519 e. The normalized spacial score (nSPS) is 23.3. The number of alkyl halides is 1. The van der Waals surface area contributed by atoms with Gasteiger partial charge >= 0.3 is 5.82 Å². The first kappa shape index (κ1) is 9.06. The van der Waals surface area contributed by atoms with Crippen LogP contribution in [0.4, 0.5) is 0 Å². The molecule has 0 radical (unpaired) electrons. The molecule has 4 heteroatoms. The Morgan fingerprint density at radius 3 is 2.92 bits per heavy atom. The molecular weight excluding hydrogens is 236 g/mol. The van der Waals surface area contributed by atoms with Gasteiger partial charge in [-0.15, -0.1) is 0 Å². The summed E-state index contributed by atoms with van der Waals surface area (Å²) >= 11 is 3.49. The van der Waals surface area contributed by atoms with Crippen molar-refractivity contribution in [2.75, 3.05) is 0 Å². The van der Waals surface area contributed by atoms with Crippen molar-refractivity contribution in [2.24, 2.45) is 0 Å². The Hall–Kier alpha value is -0.510. The lowest BCUT2D eigenvalue weighted by Crippen LogP contribution is -1.98. The van der Waals surface area contributed by atoms with Crippen molar-refractivity contribution in [3.63, 3.8) is 0 Å². The summed E-state index contributed by atoms with van der Waals surface area (Å²) < 4.78 is 9.94. The number of fused-ring (bicyclic) bond motifs is 1. The third kappa shape index (κ3) is 1.88. The highest BCUT2D eigenvalue weighted by atomic mass is 79.9. The lowest BCUT2D eigenvalue weighted by Gasteiger charge is -2.10. The molecule has 0 bridgehead atoms. The number of rotatable bonds is 0. The molecule has 0 saturated carbocycles. The van der Waals surface area contributed by atoms with Gasteiger partial charge in [0.1, 0.15) is 0 Å². The van der Waals surface area contributed by atoms with E-state index < -0.39 is 5.82 Å². The van der Waals surface area contributed by atoms with Crippen LogP contribution in [0.1, 0.15) is 42.0 Å². The summed E-state index contributed by atoms with van der Waals surface area (Å²) in [6, 6.07) is 0. The van der Waals surface area contributed by atoms with E-state index >= 15 is 0 Å². The molecule has 13 heavy (non-hydrogen) atoms. The topological polar surface area (TPSA) is 43.4 Å². The number of hydrogen-bond acceptors (Lipinski definition) is 3. The molecule has 1 aromatic rings. The molecule has 1 atom stereocenters. The minimum atomic E-state index is -0.573. The van der Waals surface area contributed by atoms with E-state index in [1.165, 1.54) is 12.8 Å². The summed E-state index contributed by atoms with van der Waals surface area (Å²) in [6.07, 6.45) is 5.27. The van der Waals surface area contributed by atoms with Crippen molar-refractivity contribution in [1.82, 2.24) is 0 Å². The fraction of sp³-hybridized carbons (Fsp3) is 0.667. The lowest BCUT2D eigenvalue weighted by atomic mass is 10.0. The number of hydrogen-bond donors (Lipinski definition) is 0. The molecule has 2 rings (SSSR count).